The quantitative estimate of drug-likeness (QED) is 0.357. The SMILES string of the molecule is C=C[Si](C)(C)O[Si](C=C)(OC)O[Si](CCC1CCC2OC2C1)(OC)OC. The Labute approximate surface area is 161 Å². The molecule has 0 aromatic heterocycles. The van der Waals surface area contributed by atoms with Crippen molar-refractivity contribution in [3.8, 4) is 0 Å². The lowest BCUT2D eigenvalue weighted by Crippen LogP contribution is -2.60. The van der Waals surface area contributed by atoms with Gasteiger partial charge in [0.25, 0.3) is 0 Å². The maximum Gasteiger partial charge on any atom is 0.511 e. The van der Waals surface area contributed by atoms with Crippen LogP contribution in [0, 0.1) is 5.92 Å². The highest BCUT2D eigenvalue weighted by atomic mass is 28.5. The van der Waals surface area contributed by atoms with Gasteiger partial charge in [-0.05, 0) is 50.4 Å². The molecule has 2 aliphatic rings. The number of ether oxygens (including phenoxy) is 1. The van der Waals surface area contributed by atoms with Crippen LogP contribution in [0.4, 0.5) is 0 Å². The fourth-order valence-electron chi connectivity index (χ4n) is 3.45. The maximum atomic E-state index is 6.42. The van der Waals surface area contributed by atoms with E-state index < -0.39 is 25.9 Å². The smallest absolute Gasteiger partial charge is 0.409 e. The molecule has 0 spiro atoms. The number of rotatable bonds is 12. The van der Waals surface area contributed by atoms with Gasteiger partial charge in [-0.15, -0.1) is 6.58 Å². The second-order valence-corrected chi connectivity index (χ2v) is 17.5. The summed E-state index contributed by atoms with van der Waals surface area (Å²) in [5.74, 6) is 0.627. The van der Waals surface area contributed by atoms with Crippen LogP contribution in [0.25, 0.3) is 0 Å². The summed E-state index contributed by atoms with van der Waals surface area (Å²) in [7, 11) is -3.32. The molecule has 26 heavy (non-hydrogen) atoms. The van der Waals surface area contributed by atoms with Crippen LogP contribution in [0.1, 0.15) is 25.7 Å². The predicted octanol–water partition coefficient (Wildman–Crippen LogP) is 3.45. The van der Waals surface area contributed by atoms with Crippen molar-refractivity contribution in [2.45, 2.75) is 57.0 Å². The molecule has 0 bridgehead atoms. The zero-order valence-electron chi connectivity index (χ0n) is 16.8. The molecule has 0 aromatic carbocycles. The molecule has 150 valence electrons. The Bertz CT molecular complexity index is 499. The minimum atomic E-state index is -3.13. The van der Waals surface area contributed by atoms with Crippen LogP contribution in [0.5, 0.6) is 0 Å². The Morgan fingerprint density at radius 3 is 2.15 bits per heavy atom. The van der Waals surface area contributed by atoms with Crippen LogP contribution in [-0.2, 0) is 26.2 Å². The van der Waals surface area contributed by atoms with Gasteiger partial charge in [-0.25, -0.2) is 0 Å². The Hall–Kier alpha value is -0.109. The predicted molar refractivity (Wildman–Crippen MR) is 108 cm³/mol. The van der Waals surface area contributed by atoms with Gasteiger partial charge in [-0.2, -0.15) is 0 Å². The number of epoxide rings is 1. The molecule has 1 aliphatic carbocycles. The first kappa shape index (κ1) is 22.2. The van der Waals surface area contributed by atoms with E-state index in [0.717, 1.165) is 25.3 Å². The fraction of sp³-hybridized carbons (Fsp3) is 0.765. The Balaban J connectivity index is 2.06. The molecule has 1 saturated heterocycles. The molecule has 0 N–H and O–H groups in total. The van der Waals surface area contributed by atoms with Gasteiger partial charge >= 0.3 is 17.6 Å². The maximum absolute atomic E-state index is 6.42. The third kappa shape index (κ3) is 5.46. The summed E-state index contributed by atoms with van der Waals surface area (Å²) in [6.07, 6.45) is 5.47. The van der Waals surface area contributed by atoms with E-state index in [-0.39, 0.29) is 0 Å². The van der Waals surface area contributed by atoms with Gasteiger partial charge in [-0.1, -0.05) is 12.3 Å². The first-order valence-corrected chi connectivity index (χ1v) is 16.0. The van der Waals surface area contributed by atoms with Crippen LogP contribution in [0.3, 0.4) is 0 Å². The highest BCUT2D eigenvalue weighted by Crippen LogP contribution is 2.42. The summed E-state index contributed by atoms with van der Waals surface area (Å²) in [4.78, 5) is 0. The van der Waals surface area contributed by atoms with E-state index in [1.165, 1.54) is 6.42 Å². The van der Waals surface area contributed by atoms with Crippen molar-refractivity contribution in [2.24, 2.45) is 5.92 Å². The third-order valence-corrected chi connectivity index (χ3v) is 15.1. The molecule has 6 nitrogen and oxygen atoms in total. The molecule has 1 heterocycles. The molecule has 9 heteroatoms. The largest absolute Gasteiger partial charge is 0.511 e. The first-order valence-electron chi connectivity index (χ1n) is 9.25. The van der Waals surface area contributed by atoms with E-state index in [1.807, 2.05) is 18.8 Å². The van der Waals surface area contributed by atoms with Gasteiger partial charge in [-0.3, -0.25) is 0 Å². The third-order valence-electron chi connectivity index (χ3n) is 5.32. The van der Waals surface area contributed by atoms with Gasteiger partial charge in [0.2, 0.25) is 8.32 Å². The van der Waals surface area contributed by atoms with E-state index in [0.29, 0.717) is 18.1 Å². The van der Waals surface area contributed by atoms with Crippen molar-refractivity contribution in [1.29, 1.82) is 0 Å². The minimum absolute atomic E-state index is 0.471. The molecule has 0 radical (unpaired) electrons. The lowest BCUT2D eigenvalue weighted by molar-refractivity contribution is 0.109. The van der Waals surface area contributed by atoms with Crippen molar-refractivity contribution in [3.63, 3.8) is 0 Å². The van der Waals surface area contributed by atoms with Crippen molar-refractivity contribution >= 4 is 25.9 Å². The Morgan fingerprint density at radius 2 is 1.65 bits per heavy atom. The van der Waals surface area contributed by atoms with E-state index in [4.69, 9.17) is 26.2 Å². The van der Waals surface area contributed by atoms with E-state index >= 15 is 0 Å². The second-order valence-electron chi connectivity index (χ2n) is 7.55. The molecule has 0 aromatic rings. The van der Waals surface area contributed by atoms with Gasteiger partial charge in [0.15, 0.2) is 0 Å². The zero-order valence-corrected chi connectivity index (χ0v) is 19.8. The summed E-state index contributed by atoms with van der Waals surface area (Å²) in [5, 5.41) is 0. The lowest BCUT2D eigenvalue weighted by atomic mass is 9.88. The number of fused-ring (bicyclic) bond motifs is 1. The van der Waals surface area contributed by atoms with Crippen LogP contribution >= 0.6 is 0 Å². The fourth-order valence-corrected chi connectivity index (χ4v) is 12.9. The second kappa shape index (κ2) is 8.93. The molecule has 4 unspecified atom stereocenters. The monoisotopic (exact) mass is 418 g/mol. The average molecular weight is 419 g/mol. The first-order chi connectivity index (χ1) is 12.3. The molecule has 2 rings (SSSR count). The topological polar surface area (TPSA) is 58.7 Å². The van der Waals surface area contributed by atoms with Crippen LogP contribution in [-0.4, -0.2) is 59.5 Å². The van der Waals surface area contributed by atoms with Crippen LogP contribution in [0.15, 0.2) is 24.6 Å². The summed E-state index contributed by atoms with van der Waals surface area (Å²) in [5.41, 5.74) is 3.52. The highest BCUT2D eigenvalue weighted by molar-refractivity contribution is 6.88. The van der Waals surface area contributed by atoms with Crippen molar-refractivity contribution in [3.05, 3.63) is 24.6 Å². The normalized spacial score (nSPS) is 28.1. The van der Waals surface area contributed by atoms with Crippen molar-refractivity contribution < 1.29 is 26.2 Å². The standard InChI is InChI=1S/C17H34O6Si3/c1-8-24(6,7)22-25(9-2,18-3)23-26(19-4,20-5)13-12-15-10-11-16-17(14-15)21-16/h8-9,15-17H,1-2,10-14H2,3-7H3. The summed E-state index contributed by atoms with van der Waals surface area (Å²) < 4.78 is 35.7. The van der Waals surface area contributed by atoms with Gasteiger partial charge in [0, 0.05) is 27.4 Å². The molecular formula is C17H34O6Si3. The van der Waals surface area contributed by atoms with Crippen molar-refractivity contribution in [1.82, 2.24) is 0 Å². The zero-order chi connectivity index (χ0) is 19.4. The number of hydrogen-bond acceptors (Lipinski definition) is 6. The van der Waals surface area contributed by atoms with Gasteiger partial charge in [0.05, 0.1) is 12.2 Å². The minimum Gasteiger partial charge on any atom is -0.409 e. The van der Waals surface area contributed by atoms with E-state index in [9.17, 15) is 0 Å². The highest BCUT2D eigenvalue weighted by Gasteiger charge is 2.53. The molecule has 1 aliphatic heterocycles. The number of hydrogen-bond donors (Lipinski definition) is 0. The molecular weight excluding hydrogens is 384 g/mol. The van der Waals surface area contributed by atoms with Gasteiger partial charge < -0.3 is 26.2 Å². The Morgan fingerprint density at radius 1 is 0.962 bits per heavy atom. The van der Waals surface area contributed by atoms with Gasteiger partial charge in [0.1, 0.15) is 0 Å². The van der Waals surface area contributed by atoms with E-state index in [1.54, 1.807) is 27.0 Å². The lowest BCUT2D eigenvalue weighted by Gasteiger charge is -2.38. The van der Waals surface area contributed by atoms with Crippen molar-refractivity contribution in [2.75, 3.05) is 21.3 Å². The van der Waals surface area contributed by atoms with Crippen LogP contribution in [0.2, 0.25) is 19.1 Å². The molecule has 1 saturated carbocycles. The average Bonchev–Trinajstić information content (AvgIpc) is 3.43. The van der Waals surface area contributed by atoms with Crippen LogP contribution < -0.4 is 0 Å². The van der Waals surface area contributed by atoms with E-state index in [2.05, 4.69) is 13.2 Å². The summed E-state index contributed by atoms with van der Waals surface area (Å²) >= 11 is 0. The summed E-state index contributed by atoms with van der Waals surface area (Å²) in [6.45, 7) is 11.9. The molecule has 0 amide bonds. The molecule has 2 fully saturated rings. The molecule has 4 atom stereocenters. The summed E-state index contributed by atoms with van der Waals surface area (Å²) in [6, 6.07) is 0.730. The Kier molecular flexibility index (Phi) is 7.62.